The van der Waals surface area contributed by atoms with Crippen molar-refractivity contribution >= 4 is 11.5 Å². The van der Waals surface area contributed by atoms with Gasteiger partial charge in [-0.2, -0.15) is 0 Å². The van der Waals surface area contributed by atoms with E-state index in [0.717, 1.165) is 13.0 Å². The van der Waals surface area contributed by atoms with E-state index in [4.69, 9.17) is 0 Å². The van der Waals surface area contributed by atoms with Crippen LogP contribution in [0.5, 0.6) is 0 Å². The van der Waals surface area contributed by atoms with Crippen molar-refractivity contribution in [3.8, 4) is 0 Å². The molecular weight excluding hydrogens is 254 g/mol. The van der Waals surface area contributed by atoms with Gasteiger partial charge in [-0.05, 0) is 50.2 Å². The first-order chi connectivity index (χ1) is 9.36. The number of hydrogen-bond donors (Lipinski definition) is 1. The molecule has 0 bridgehead atoms. The molecule has 0 spiro atoms. The van der Waals surface area contributed by atoms with Crippen molar-refractivity contribution in [1.29, 1.82) is 0 Å². The third kappa shape index (κ3) is 3.86. The van der Waals surface area contributed by atoms with Crippen LogP contribution in [0.15, 0.2) is 11.6 Å². The zero-order valence-corrected chi connectivity index (χ0v) is 12.9. The van der Waals surface area contributed by atoms with E-state index < -0.39 is 0 Å². The van der Waals surface area contributed by atoms with Crippen LogP contribution in [0.3, 0.4) is 0 Å². The molecule has 1 N–H and O–H groups in total. The Morgan fingerprint density at radius 2 is 2.11 bits per heavy atom. The average Bonchev–Trinajstić information content (AvgIpc) is 2.84. The molecule has 0 aliphatic heterocycles. The van der Waals surface area contributed by atoms with Crippen LogP contribution in [-0.2, 0) is 6.42 Å². The van der Waals surface area contributed by atoms with Crippen LogP contribution in [0, 0.1) is 0 Å². The molecular formula is C15H25N3S. The van der Waals surface area contributed by atoms with E-state index in [-0.39, 0.29) is 0 Å². The molecule has 0 saturated heterocycles. The van der Waals surface area contributed by atoms with Crippen molar-refractivity contribution in [1.82, 2.24) is 14.9 Å². The molecule has 1 atom stereocenters. The van der Waals surface area contributed by atoms with Crippen molar-refractivity contribution in [3.05, 3.63) is 22.2 Å². The second-order valence-electron chi connectivity index (χ2n) is 5.16. The first-order valence-electron chi connectivity index (χ1n) is 7.60. The number of nitrogens with one attached hydrogen (secondary N) is 1. The lowest BCUT2D eigenvalue weighted by molar-refractivity contribution is 0.555. The lowest BCUT2D eigenvalue weighted by Crippen LogP contribution is -2.23. The number of aryl methyl sites for hydroxylation is 1. The first-order valence-corrected chi connectivity index (χ1v) is 8.37. The quantitative estimate of drug-likeness (QED) is 0.827. The van der Waals surface area contributed by atoms with Crippen LogP contribution < -0.4 is 5.32 Å². The molecule has 4 heteroatoms. The highest BCUT2D eigenvalue weighted by Crippen LogP contribution is 2.32. The van der Waals surface area contributed by atoms with Crippen LogP contribution in [0.1, 0.15) is 69.0 Å². The fourth-order valence-corrected chi connectivity index (χ4v) is 3.61. The molecule has 1 aliphatic rings. The van der Waals surface area contributed by atoms with Gasteiger partial charge in [-0.25, -0.2) is 0 Å². The number of hydrogen-bond acceptors (Lipinski definition) is 4. The molecule has 0 amide bonds. The zero-order valence-electron chi connectivity index (χ0n) is 12.1. The Kier molecular flexibility index (Phi) is 5.98. The Morgan fingerprint density at radius 3 is 2.89 bits per heavy atom. The summed E-state index contributed by atoms with van der Waals surface area (Å²) in [6.45, 7) is 5.33. The summed E-state index contributed by atoms with van der Waals surface area (Å²) < 4.78 is 4.16. The molecule has 19 heavy (non-hydrogen) atoms. The maximum Gasteiger partial charge on any atom is 0.0804 e. The molecule has 0 radical (unpaired) electrons. The van der Waals surface area contributed by atoms with Crippen LogP contribution in [0.4, 0.5) is 0 Å². The molecule has 3 nitrogen and oxygen atoms in total. The fraction of sp³-hybridized carbons (Fsp3) is 0.733. The fourth-order valence-electron chi connectivity index (χ4n) is 2.75. The maximum absolute atomic E-state index is 4.28. The largest absolute Gasteiger partial charge is 0.306 e. The standard InChI is InChI=1S/C15H25N3S/c1-3-13-15(19-18-17-13)14(16-4-2)12-10-8-6-5-7-9-11-12/h10,14,16H,3-9,11H2,1-2H3. The van der Waals surface area contributed by atoms with Gasteiger partial charge < -0.3 is 5.32 Å². The van der Waals surface area contributed by atoms with Gasteiger partial charge in [0.15, 0.2) is 0 Å². The Bertz CT molecular complexity index is 411. The van der Waals surface area contributed by atoms with E-state index in [1.165, 1.54) is 49.1 Å². The molecule has 0 saturated carbocycles. The second-order valence-corrected chi connectivity index (χ2v) is 5.95. The SMILES string of the molecule is CCNC(C1=CCCCCCC1)c1snnc1CC. The molecule has 106 valence electrons. The van der Waals surface area contributed by atoms with Crippen LogP contribution in [-0.4, -0.2) is 16.1 Å². The molecule has 0 aromatic carbocycles. The minimum Gasteiger partial charge on any atom is -0.306 e. The van der Waals surface area contributed by atoms with Crippen LogP contribution in [0.25, 0.3) is 0 Å². The normalized spacial score (nSPS) is 18.5. The highest BCUT2D eigenvalue weighted by molar-refractivity contribution is 7.05. The Morgan fingerprint density at radius 1 is 1.26 bits per heavy atom. The summed E-state index contributed by atoms with van der Waals surface area (Å²) in [5, 5.41) is 7.92. The van der Waals surface area contributed by atoms with Crippen molar-refractivity contribution in [2.45, 2.75) is 64.8 Å². The number of aromatic nitrogens is 2. The summed E-state index contributed by atoms with van der Waals surface area (Å²) in [5.74, 6) is 0. The van der Waals surface area contributed by atoms with Gasteiger partial charge in [-0.1, -0.05) is 42.8 Å². The van der Waals surface area contributed by atoms with Gasteiger partial charge in [0, 0.05) is 0 Å². The molecule has 1 aromatic heterocycles. The molecule has 0 fully saturated rings. The maximum atomic E-state index is 4.28. The summed E-state index contributed by atoms with van der Waals surface area (Å²) in [5.41, 5.74) is 2.72. The van der Waals surface area contributed by atoms with E-state index in [9.17, 15) is 0 Å². The summed E-state index contributed by atoms with van der Waals surface area (Å²) in [6.07, 6.45) is 11.3. The second kappa shape index (κ2) is 7.75. The molecule has 2 rings (SSSR count). The number of allylic oxidation sites excluding steroid dienone is 1. The molecule has 1 aliphatic carbocycles. The smallest absolute Gasteiger partial charge is 0.0804 e. The highest BCUT2D eigenvalue weighted by Gasteiger charge is 2.21. The average molecular weight is 279 g/mol. The lowest BCUT2D eigenvalue weighted by atomic mass is 9.93. The third-order valence-corrected chi connectivity index (χ3v) is 4.62. The molecule has 1 aromatic rings. The number of nitrogens with zero attached hydrogens (tertiary/aromatic N) is 2. The van der Waals surface area contributed by atoms with E-state index in [1.807, 2.05) is 0 Å². The van der Waals surface area contributed by atoms with E-state index in [0.29, 0.717) is 6.04 Å². The Hall–Kier alpha value is -0.740. The highest BCUT2D eigenvalue weighted by atomic mass is 32.1. The van der Waals surface area contributed by atoms with Crippen molar-refractivity contribution in [3.63, 3.8) is 0 Å². The van der Waals surface area contributed by atoms with Crippen LogP contribution in [0.2, 0.25) is 0 Å². The van der Waals surface area contributed by atoms with Gasteiger partial charge in [0.2, 0.25) is 0 Å². The zero-order chi connectivity index (χ0) is 13.5. The summed E-state index contributed by atoms with van der Waals surface area (Å²) in [4.78, 5) is 1.33. The molecule has 1 unspecified atom stereocenters. The van der Waals surface area contributed by atoms with Crippen molar-refractivity contribution in [2.75, 3.05) is 6.54 Å². The monoisotopic (exact) mass is 279 g/mol. The van der Waals surface area contributed by atoms with Gasteiger partial charge in [-0.3, -0.25) is 0 Å². The minimum atomic E-state index is 0.345. The van der Waals surface area contributed by atoms with Gasteiger partial charge in [0.1, 0.15) is 0 Å². The van der Waals surface area contributed by atoms with E-state index in [2.05, 4.69) is 34.8 Å². The van der Waals surface area contributed by atoms with Crippen LogP contribution >= 0.6 is 11.5 Å². The minimum absolute atomic E-state index is 0.345. The first kappa shape index (κ1) is 14.7. The summed E-state index contributed by atoms with van der Waals surface area (Å²) in [7, 11) is 0. The lowest BCUT2D eigenvalue weighted by Gasteiger charge is -2.22. The predicted molar refractivity (Wildman–Crippen MR) is 81.5 cm³/mol. The topological polar surface area (TPSA) is 37.8 Å². The van der Waals surface area contributed by atoms with Gasteiger partial charge >= 0.3 is 0 Å². The van der Waals surface area contributed by atoms with Crippen molar-refractivity contribution in [2.24, 2.45) is 0 Å². The van der Waals surface area contributed by atoms with Gasteiger partial charge in [-0.15, -0.1) is 5.10 Å². The summed E-state index contributed by atoms with van der Waals surface area (Å²) in [6, 6.07) is 0.345. The van der Waals surface area contributed by atoms with Gasteiger partial charge in [0.25, 0.3) is 0 Å². The number of likely N-dealkylation sites (N-methyl/N-ethyl adjacent to an activating group) is 1. The predicted octanol–water partition coefficient (Wildman–Crippen LogP) is 4.03. The van der Waals surface area contributed by atoms with E-state index in [1.54, 1.807) is 17.1 Å². The van der Waals surface area contributed by atoms with E-state index >= 15 is 0 Å². The number of rotatable bonds is 5. The Labute approximate surface area is 120 Å². The third-order valence-electron chi connectivity index (χ3n) is 3.79. The Balaban J connectivity index is 2.23. The summed E-state index contributed by atoms with van der Waals surface area (Å²) >= 11 is 1.56. The molecule has 1 heterocycles. The van der Waals surface area contributed by atoms with Crippen molar-refractivity contribution < 1.29 is 0 Å². The van der Waals surface area contributed by atoms with Gasteiger partial charge in [0.05, 0.1) is 16.6 Å².